The van der Waals surface area contributed by atoms with Gasteiger partial charge in [-0.3, -0.25) is 9.69 Å². The molecule has 0 fully saturated rings. The maximum Gasteiger partial charge on any atom is 0.303 e. The van der Waals surface area contributed by atoms with Gasteiger partial charge in [0.05, 0.1) is 0 Å². The van der Waals surface area contributed by atoms with E-state index in [4.69, 9.17) is 9.84 Å². The van der Waals surface area contributed by atoms with E-state index >= 15 is 0 Å². The average Bonchev–Trinajstić information content (AvgIpc) is 3.28. The highest BCUT2D eigenvalue weighted by Gasteiger charge is 2.25. The van der Waals surface area contributed by atoms with E-state index < -0.39 is 5.97 Å². The van der Waals surface area contributed by atoms with E-state index in [1.54, 1.807) is 6.92 Å². The normalized spacial score (nSPS) is 15.3. The minimum Gasteiger partial charge on any atom is -0.489 e. The van der Waals surface area contributed by atoms with Gasteiger partial charge in [-0.05, 0) is 58.3 Å². The Bertz CT molecular complexity index is 1200. The van der Waals surface area contributed by atoms with Crippen molar-refractivity contribution in [1.29, 1.82) is 0 Å². The maximum absolute atomic E-state index is 11.2. The molecule has 1 aliphatic heterocycles. The zero-order valence-corrected chi connectivity index (χ0v) is 21.9. The molecule has 3 aromatic rings. The lowest BCUT2D eigenvalue weighted by atomic mass is 9.84. The summed E-state index contributed by atoms with van der Waals surface area (Å²) in [6, 6.07) is 25.4. The lowest BCUT2D eigenvalue weighted by Gasteiger charge is -2.25. The SMILES string of the molecule is CC#C[C@@H](C([Si])CC(=O)O)C(C)c1ccc(OCc2ccc(CN3Cc4ccccc4C3)cc2)cc1. The number of carboxylic acid groups (broad SMARTS) is 1. The van der Waals surface area contributed by atoms with Gasteiger partial charge in [0, 0.05) is 42.2 Å². The summed E-state index contributed by atoms with van der Waals surface area (Å²) in [6.07, 6.45) is 0.0340. The fourth-order valence-corrected chi connectivity index (χ4v) is 5.36. The van der Waals surface area contributed by atoms with E-state index in [0.717, 1.165) is 36.5 Å². The van der Waals surface area contributed by atoms with Crippen LogP contribution in [0, 0.1) is 17.8 Å². The molecule has 3 atom stereocenters. The molecule has 0 saturated carbocycles. The Hall–Kier alpha value is -3.33. The molecule has 4 rings (SSSR count). The molecule has 1 aliphatic rings. The first-order valence-corrected chi connectivity index (χ1v) is 13.0. The van der Waals surface area contributed by atoms with Crippen molar-refractivity contribution < 1.29 is 14.6 Å². The number of hydrogen-bond acceptors (Lipinski definition) is 3. The van der Waals surface area contributed by atoms with E-state index in [9.17, 15) is 4.79 Å². The largest absolute Gasteiger partial charge is 0.489 e. The first-order valence-electron chi connectivity index (χ1n) is 12.4. The van der Waals surface area contributed by atoms with Gasteiger partial charge in [-0.1, -0.05) is 73.5 Å². The Kier molecular flexibility index (Phi) is 8.64. The standard InChI is InChI=1S/C31H32NO3Si/c1-3-6-29(30(36)17-31(33)34)22(2)25-13-15-28(16-14-25)35-21-24-11-9-23(10-12-24)18-32-19-26-7-4-5-8-27(26)20-32/h4-5,7-16,22,29-30H,17-21H2,1-2H3,(H,33,34)/t22?,29-,30?/m1/s1. The number of benzene rings is 3. The summed E-state index contributed by atoms with van der Waals surface area (Å²) in [7, 11) is 3.59. The molecule has 3 aromatic carbocycles. The van der Waals surface area contributed by atoms with Crippen molar-refractivity contribution in [1.82, 2.24) is 4.90 Å². The molecule has 36 heavy (non-hydrogen) atoms. The van der Waals surface area contributed by atoms with Crippen molar-refractivity contribution >= 4 is 16.2 Å². The molecule has 0 bridgehead atoms. The quantitative estimate of drug-likeness (QED) is 0.279. The number of carbonyl (C=O) groups is 1. The molecule has 5 heteroatoms. The zero-order valence-electron chi connectivity index (χ0n) is 20.9. The zero-order chi connectivity index (χ0) is 25.5. The van der Waals surface area contributed by atoms with E-state index in [0.29, 0.717) is 6.61 Å². The van der Waals surface area contributed by atoms with Crippen LogP contribution in [0.5, 0.6) is 5.75 Å². The summed E-state index contributed by atoms with van der Waals surface area (Å²) in [5, 5.41) is 9.16. The topological polar surface area (TPSA) is 49.8 Å². The van der Waals surface area contributed by atoms with Gasteiger partial charge in [-0.25, -0.2) is 0 Å². The summed E-state index contributed by atoms with van der Waals surface area (Å²) in [4.78, 5) is 13.6. The van der Waals surface area contributed by atoms with Gasteiger partial charge >= 0.3 is 5.97 Å². The van der Waals surface area contributed by atoms with Crippen LogP contribution < -0.4 is 4.74 Å². The molecule has 2 unspecified atom stereocenters. The Morgan fingerprint density at radius 2 is 1.61 bits per heavy atom. The van der Waals surface area contributed by atoms with Gasteiger partial charge in [0.1, 0.15) is 12.4 Å². The van der Waals surface area contributed by atoms with E-state index in [2.05, 4.69) is 82.4 Å². The average molecular weight is 495 g/mol. The van der Waals surface area contributed by atoms with Crippen LogP contribution in [-0.2, 0) is 31.0 Å². The fourth-order valence-electron chi connectivity index (χ4n) is 4.81. The number of carboxylic acids is 1. The fraction of sp³-hybridized carbons (Fsp3) is 0.323. The Morgan fingerprint density at radius 1 is 1.00 bits per heavy atom. The predicted molar refractivity (Wildman–Crippen MR) is 144 cm³/mol. The minimum atomic E-state index is -0.830. The number of aliphatic carboxylic acids is 1. The lowest BCUT2D eigenvalue weighted by molar-refractivity contribution is -0.137. The highest BCUT2D eigenvalue weighted by Crippen LogP contribution is 2.34. The maximum atomic E-state index is 11.2. The molecule has 0 amide bonds. The van der Waals surface area contributed by atoms with Gasteiger partial charge < -0.3 is 9.84 Å². The van der Waals surface area contributed by atoms with Gasteiger partial charge in [-0.2, -0.15) is 0 Å². The van der Waals surface area contributed by atoms with Gasteiger partial charge in [0.2, 0.25) is 0 Å². The summed E-state index contributed by atoms with van der Waals surface area (Å²) < 4.78 is 6.02. The summed E-state index contributed by atoms with van der Waals surface area (Å²) in [6.45, 7) is 7.35. The van der Waals surface area contributed by atoms with E-state index in [-0.39, 0.29) is 23.8 Å². The molecular weight excluding hydrogens is 462 g/mol. The smallest absolute Gasteiger partial charge is 0.303 e. The highest BCUT2D eigenvalue weighted by molar-refractivity contribution is 6.13. The number of hydrogen-bond donors (Lipinski definition) is 1. The third kappa shape index (κ3) is 6.66. The van der Waals surface area contributed by atoms with Gasteiger partial charge in [-0.15, -0.1) is 5.92 Å². The molecule has 0 aromatic heterocycles. The monoisotopic (exact) mass is 494 g/mol. The van der Waals surface area contributed by atoms with Crippen molar-refractivity contribution in [3.63, 3.8) is 0 Å². The van der Waals surface area contributed by atoms with Crippen molar-refractivity contribution in [2.45, 2.75) is 58.0 Å². The van der Waals surface area contributed by atoms with Crippen molar-refractivity contribution in [3.05, 3.63) is 101 Å². The lowest BCUT2D eigenvalue weighted by Crippen LogP contribution is -2.18. The predicted octanol–water partition coefficient (Wildman–Crippen LogP) is 5.96. The van der Waals surface area contributed by atoms with E-state index in [1.807, 2.05) is 24.3 Å². The number of ether oxygens (including phenoxy) is 1. The molecule has 3 radical (unpaired) electrons. The second kappa shape index (κ2) is 12.1. The van der Waals surface area contributed by atoms with Crippen LogP contribution in [0.15, 0.2) is 72.8 Å². The molecule has 0 saturated heterocycles. The number of rotatable bonds is 10. The molecule has 0 aliphatic carbocycles. The minimum absolute atomic E-state index is 0.0340. The van der Waals surface area contributed by atoms with Crippen LogP contribution in [0.2, 0.25) is 5.54 Å². The van der Waals surface area contributed by atoms with Crippen LogP contribution in [0.1, 0.15) is 54.0 Å². The van der Waals surface area contributed by atoms with Crippen LogP contribution in [-0.4, -0.2) is 26.2 Å². The molecular formula is C31H32NO3Si. The molecule has 4 nitrogen and oxygen atoms in total. The van der Waals surface area contributed by atoms with Gasteiger partial charge in [0.25, 0.3) is 0 Å². The third-order valence-corrected chi connectivity index (χ3v) is 7.39. The second-order valence-corrected chi connectivity index (χ2v) is 10.2. The Morgan fingerprint density at radius 3 is 2.19 bits per heavy atom. The van der Waals surface area contributed by atoms with Crippen LogP contribution in [0.25, 0.3) is 0 Å². The third-order valence-electron chi connectivity index (χ3n) is 6.82. The molecule has 1 heterocycles. The summed E-state index contributed by atoms with van der Waals surface area (Å²) in [5.41, 5.74) is 6.20. The first kappa shape index (κ1) is 25.8. The summed E-state index contributed by atoms with van der Waals surface area (Å²) in [5.74, 6) is 6.10. The van der Waals surface area contributed by atoms with E-state index in [1.165, 1.54) is 16.7 Å². The Balaban J connectivity index is 1.29. The van der Waals surface area contributed by atoms with Gasteiger partial charge in [0.15, 0.2) is 0 Å². The summed E-state index contributed by atoms with van der Waals surface area (Å²) >= 11 is 0. The van der Waals surface area contributed by atoms with Crippen molar-refractivity contribution in [3.8, 4) is 17.6 Å². The molecule has 183 valence electrons. The molecule has 1 N–H and O–H groups in total. The van der Waals surface area contributed by atoms with Crippen LogP contribution in [0.4, 0.5) is 0 Å². The number of nitrogens with zero attached hydrogens (tertiary/aromatic N) is 1. The Labute approximate surface area is 217 Å². The van der Waals surface area contributed by atoms with Crippen LogP contribution in [0.3, 0.4) is 0 Å². The molecule has 0 spiro atoms. The number of fused-ring (bicyclic) bond motifs is 1. The highest BCUT2D eigenvalue weighted by atomic mass is 28.1. The first-order chi connectivity index (χ1) is 17.4. The van der Waals surface area contributed by atoms with Crippen molar-refractivity contribution in [2.75, 3.05) is 0 Å². The van der Waals surface area contributed by atoms with Crippen molar-refractivity contribution in [2.24, 2.45) is 5.92 Å². The second-order valence-electron chi connectivity index (χ2n) is 9.50. The van der Waals surface area contributed by atoms with Crippen LogP contribution >= 0.6 is 0 Å².